The maximum absolute atomic E-state index is 5.60. The highest BCUT2D eigenvalue weighted by atomic mass is 16.3. The van der Waals surface area contributed by atoms with E-state index in [-0.39, 0.29) is 0 Å². The van der Waals surface area contributed by atoms with Gasteiger partial charge >= 0.3 is 0 Å². The molecule has 110 valence electrons. The van der Waals surface area contributed by atoms with E-state index in [2.05, 4.69) is 37.5 Å². The summed E-state index contributed by atoms with van der Waals surface area (Å²) in [5.41, 5.74) is 1.20. The molecule has 2 rings (SSSR count). The fraction of sp³-hybridized carbons (Fsp3) is 0.500. The zero-order valence-corrected chi connectivity index (χ0v) is 12.5. The van der Waals surface area contributed by atoms with Gasteiger partial charge in [0.25, 0.3) is 0 Å². The summed E-state index contributed by atoms with van der Waals surface area (Å²) >= 11 is 0. The van der Waals surface area contributed by atoms with E-state index in [1.807, 2.05) is 18.4 Å². The minimum Gasteiger partial charge on any atom is -0.469 e. The minimum absolute atomic E-state index is 0.345. The molecule has 0 fully saturated rings. The van der Waals surface area contributed by atoms with Gasteiger partial charge in [-0.25, -0.2) is 0 Å². The van der Waals surface area contributed by atoms with Crippen LogP contribution in [0.1, 0.15) is 37.9 Å². The molecule has 0 saturated carbocycles. The van der Waals surface area contributed by atoms with Crippen molar-refractivity contribution in [2.45, 2.75) is 52.4 Å². The Labute approximate surface area is 120 Å². The highest BCUT2D eigenvalue weighted by molar-refractivity contribution is 5.13. The van der Waals surface area contributed by atoms with Crippen molar-refractivity contribution in [2.24, 2.45) is 0 Å². The molecule has 0 spiro atoms. The number of hydrogen-bond acceptors (Lipinski definition) is 4. The summed E-state index contributed by atoms with van der Waals surface area (Å²) < 4.78 is 10.9. The summed E-state index contributed by atoms with van der Waals surface area (Å²) in [5.74, 6) is 1.98. The molecule has 4 nitrogen and oxygen atoms in total. The third-order valence-electron chi connectivity index (χ3n) is 3.13. The molecule has 4 heteroatoms. The van der Waals surface area contributed by atoms with Crippen LogP contribution in [0.3, 0.4) is 0 Å². The average molecular weight is 276 g/mol. The maximum Gasteiger partial charge on any atom is 0.117 e. The summed E-state index contributed by atoms with van der Waals surface area (Å²) in [6.45, 7) is 8.03. The van der Waals surface area contributed by atoms with E-state index in [9.17, 15) is 0 Å². The zero-order valence-electron chi connectivity index (χ0n) is 12.5. The fourth-order valence-electron chi connectivity index (χ4n) is 2.01. The Kier molecular flexibility index (Phi) is 5.44. The van der Waals surface area contributed by atoms with E-state index < -0.39 is 0 Å². The van der Waals surface area contributed by atoms with Crippen molar-refractivity contribution in [3.63, 3.8) is 0 Å². The van der Waals surface area contributed by atoms with Gasteiger partial charge < -0.3 is 19.5 Å². The van der Waals surface area contributed by atoms with Crippen LogP contribution in [0.25, 0.3) is 0 Å². The van der Waals surface area contributed by atoms with Crippen LogP contribution in [0.15, 0.2) is 39.6 Å². The first-order chi connectivity index (χ1) is 9.63. The Morgan fingerprint density at radius 2 is 1.90 bits per heavy atom. The van der Waals surface area contributed by atoms with Gasteiger partial charge in [0.2, 0.25) is 0 Å². The number of furan rings is 2. The molecule has 20 heavy (non-hydrogen) atoms. The van der Waals surface area contributed by atoms with Crippen molar-refractivity contribution in [3.05, 3.63) is 47.8 Å². The number of rotatable bonds is 8. The highest BCUT2D eigenvalue weighted by Gasteiger charge is 2.08. The molecule has 0 amide bonds. The second-order valence-corrected chi connectivity index (χ2v) is 5.52. The highest BCUT2D eigenvalue weighted by Crippen LogP contribution is 2.11. The monoisotopic (exact) mass is 276 g/mol. The van der Waals surface area contributed by atoms with E-state index in [4.69, 9.17) is 8.83 Å². The van der Waals surface area contributed by atoms with Crippen molar-refractivity contribution in [3.8, 4) is 0 Å². The summed E-state index contributed by atoms with van der Waals surface area (Å²) in [4.78, 5) is 0. The first-order valence-electron chi connectivity index (χ1n) is 7.19. The molecular formula is C16H24N2O2. The lowest BCUT2D eigenvalue weighted by Crippen LogP contribution is -2.27. The SMILES string of the molecule is CC(C)NCc1coc(CC(C)NCc2ccco2)c1. The smallest absolute Gasteiger partial charge is 0.117 e. The van der Waals surface area contributed by atoms with Crippen LogP contribution >= 0.6 is 0 Å². The van der Waals surface area contributed by atoms with Crippen molar-refractivity contribution < 1.29 is 8.83 Å². The van der Waals surface area contributed by atoms with Crippen LogP contribution < -0.4 is 10.6 Å². The molecule has 0 aliphatic rings. The van der Waals surface area contributed by atoms with Gasteiger partial charge in [-0.15, -0.1) is 0 Å². The Morgan fingerprint density at radius 1 is 1.05 bits per heavy atom. The average Bonchev–Trinajstić information content (AvgIpc) is 3.05. The third-order valence-corrected chi connectivity index (χ3v) is 3.13. The first kappa shape index (κ1) is 14.9. The quantitative estimate of drug-likeness (QED) is 0.778. The topological polar surface area (TPSA) is 50.3 Å². The van der Waals surface area contributed by atoms with E-state index >= 15 is 0 Å². The molecule has 2 aromatic heterocycles. The van der Waals surface area contributed by atoms with Crippen molar-refractivity contribution in [2.75, 3.05) is 0 Å². The molecule has 2 heterocycles. The Bertz CT molecular complexity index is 488. The Morgan fingerprint density at radius 3 is 2.60 bits per heavy atom. The van der Waals surface area contributed by atoms with Crippen LogP contribution in [-0.2, 0) is 19.5 Å². The summed E-state index contributed by atoms with van der Waals surface area (Å²) in [6.07, 6.45) is 4.41. The molecule has 0 bridgehead atoms. The van der Waals surface area contributed by atoms with Gasteiger partial charge in [0, 0.05) is 30.6 Å². The van der Waals surface area contributed by atoms with Gasteiger partial charge in [-0.2, -0.15) is 0 Å². The predicted octanol–water partition coefficient (Wildman–Crippen LogP) is 3.09. The summed E-state index contributed by atoms with van der Waals surface area (Å²) in [6, 6.07) is 6.84. The van der Waals surface area contributed by atoms with Gasteiger partial charge in [-0.05, 0) is 25.1 Å². The standard InChI is InChI=1S/C16H24N2O2/c1-12(2)17-9-14-8-16(20-11-14)7-13(3)18-10-15-5-4-6-19-15/h4-6,8,11-13,17-18H,7,9-10H2,1-3H3. The van der Waals surface area contributed by atoms with Crippen LogP contribution in [0.2, 0.25) is 0 Å². The van der Waals surface area contributed by atoms with Crippen molar-refractivity contribution in [1.82, 2.24) is 10.6 Å². The molecule has 0 radical (unpaired) electrons. The molecule has 0 aliphatic heterocycles. The lowest BCUT2D eigenvalue weighted by molar-refractivity contribution is 0.426. The molecule has 2 N–H and O–H groups in total. The second kappa shape index (κ2) is 7.31. The largest absolute Gasteiger partial charge is 0.469 e. The van der Waals surface area contributed by atoms with Crippen LogP contribution in [-0.4, -0.2) is 12.1 Å². The molecule has 0 saturated heterocycles. The van der Waals surface area contributed by atoms with Gasteiger partial charge in [-0.3, -0.25) is 0 Å². The van der Waals surface area contributed by atoms with Crippen molar-refractivity contribution >= 4 is 0 Å². The van der Waals surface area contributed by atoms with Gasteiger partial charge in [0.15, 0.2) is 0 Å². The lowest BCUT2D eigenvalue weighted by Gasteiger charge is -2.10. The van der Waals surface area contributed by atoms with E-state index in [1.165, 1.54) is 5.56 Å². The molecule has 0 aliphatic carbocycles. The van der Waals surface area contributed by atoms with Crippen LogP contribution in [0.5, 0.6) is 0 Å². The van der Waals surface area contributed by atoms with E-state index in [1.54, 1.807) is 6.26 Å². The maximum atomic E-state index is 5.60. The first-order valence-corrected chi connectivity index (χ1v) is 7.19. The van der Waals surface area contributed by atoms with Gasteiger partial charge in [-0.1, -0.05) is 13.8 Å². The van der Waals surface area contributed by atoms with Gasteiger partial charge in [0.1, 0.15) is 11.5 Å². The second-order valence-electron chi connectivity index (χ2n) is 5.52. The molecule has 0 aromatic carbocycles. The van der Waals surface area contributed by atoms with Crippen LogP contribution in [0, 0.1) is 0 Å². The lowest BCUT2D eigenvalue weighted by atomic mass is 10.1. The number of nitrogens with one attached hydrogen (secondary N) is 2. The minimum atomic E-state index is 0.345. The van der Waals surface area contributed by atoms with Crippen molar-refractivity contribution in [1.29, 1.82) is 0 Å². The number of hydrogen-bond donors (Lipinski definition) is 2. The zero-order chi connectivity index (χ0) is 14.4. The Hall–Kier alpha value is -1.52. The van der Waals surface area contributed by atoms with E-state index in [0.29, 0.717) is 12.1 Å². The third kappa shape index (κ3) is 4.87. The molecule has 1 atom stereocenters. The molecular weight excluding hydrogens is 252 g/mol. The van der Waals surface area contributed by atoms with Crippen LogP contribution in [0.4, 0.5) is 0 Å². The molecule has 2 aromatic rings. The fourth-order valence-corrected chi connectivity index (χ4v) is 2.01. The predicted molar refractivity (Wildman–Crippen MR) is 79.4 cm³/mol. The Balaban J connectivity index is 1.74. The summed E-state index contributed by atoms with van der Waals surface area (Å²) in [5, 5.41) is 6.81. The normalized spacial score (nSPS) is 13.0. The van der Waals surface area contributed by atoms with E-state index in [0.717, 1.165) is 31.0 Å². The summed E-state index contributed by atoms with van der Waals surface area (Å²) in [7, 11) is 0. The molecule has 1 unspecified atom stereocenters. The van der Waals surface area contributed by atoms with Gasteiger partial charge in [0.05, 0.1) is 19.1 Å².